The van der Waals surface area contributed by atoms with Gasteiger partial charge in [0.25, 0.3) is 11.8 Å². The lowest BCUT2D eigenvalue weighted by Gasteiger charge is -2.17. The molecule has 0 radical (unpaired) electrons. The molecule has 2 aromatic rings. The molecule has 0 atom stereocenters. The fraction of sp³-hybridized carbons (Fsp3) is 0.417. The van der Waals surface area contributed by atoms with Crippen molar-refractivity contribution in [2.24, 2.45) is 11.5 Å². The van der Waals surface area contributed by atoms with Crippen LogP contribution in [0.3, 0.4) is 0 Å². The van der Waals surface area contributed by atoms with Crippen LogP contribution in [0.1, 0.15) is 41.2 Å². The number of rotatable bonds is 3. The van der Waals surface area contributed by atoms with Crippen LogP contribution in [-0.2, 0) is 5.54 Å². The first-order chi connectivity index (χ1) is 9.08. The van der Waals surface area contributed by atoms with Crippen LogP contribution in [0.25, 0.3) is 10.8 Å². The van der Waals surface area contributed by atoms with Crippen LogP contribution in [0.5, 0.6) is 0 Å². The van der Waals surface area contributed by atoms with Gasteiger partial charge in [0, 0.05) is 0 Å². The van der Waals surface area contributed by atoms with Gasteiger partial charge in [-0.3, -0.25) is 4.79 Å². The molecule has 4 N–H and O–H groups in total. The molecule has 0 unspecified atom stereocenters. The summed E-state index contributed by atoms with van der Waals surface area (Å²) in [7, 11) is 0. The van der Waals surface area contributed by atoms with Gasteiger partial charge in [0.2, 0.25) is 0 Å². The molecular formula is C12H14N4O2S. The molecule has 2 aromatic heterocycles. The average molecular weight is 278 g/mol. The molecule has 100 valence electrons. The molecule has 19 heavy (non-hydrogen) atoms. The smallest absolute Gasteiger partial charge is 0.268 e. The van der Waals surface area contributed by atoms with Crippen molar-refractivity contribution in [3.8, 4) is 10.8 Å². The minimum atomic E-state index is -0.467. The van der Waals surface area contributed by atoms with Crippen LogP contribution in [0.15, 0.2) is 16.7 Å². The highest BCUT2D eigenvalue weighted by molar-refractivity contribution is 7.17. The van der Waals surface area contributed by atoms with Crippen molar-refractivity contribution in [1.82, 2.24) is 10.1 Å². The van der Waals surface area contributed by atoms with Gasteiger partial charge >= 0.3 is 0 Å². The SMILES string of the molecule is NC(=O)c1ccc(-c2nc(C3(N)CCCC3)no2)s1. The van der Waals surface area contributed by atoms with Crippen LogP contribution in [-0.4, -0.2) is 16.0 Å². The van der Waals surface area contributed by atoms with Gasteiger partial charge in [-0.15, -0.1) is 11.3 Å². The van der Waals surface area contributed by atoms with E-state index in [0.29, 0.717) is 16.6 Å². The number of amides is 1. The summed E-state index contributed by atoms with van der Waals surface area (Å²) in [6.07, 6.45) is 3.93. The molecular weight excluding hydrogens is 264 g/mol. The van der Waals surface area contributed by atoms with Gasteiger partial charge in [0.1, 0.15) is 0 Å². The number of carbonyl (C=O) groups is 1. The Labute approximate surface area is 113 Å². The topological polar surface area (TPSA) is 108 Å². The number of carbonyl (C=O) groups excluding carboxylic acids is 1. The molecule has 1 aliphatic carbocycles. The van der Waals surface area contributed by atoms with E-state index in [1.54, 1.807) is 12.1 Å². The summed E-state index contributed by atoms with van der Waals surface area (Å²) in [6, 6.07) is 3.40. The molecule has 7 heteroatoms. The van der Waals surface area contributed by atoms with E-state index < -0.39 is 11.4 Å². The Kier molecular flexibility index (Phi) is 2.87. The summed E-state index contributed by atoms with van der Waals surface area (Å²) in [5.74, 6) is 0.486. The molecule has 1 fully saturated rings. The maximum absolute atomic E-state index is 11.1. The van der Waals surface area contributed by atoms with E-state index in [1.807, 2.05) is 0 Å². The third kappa shape index (κ3) is 2.15. The standard InChI is InChI=1S/C12H14N4O2S/c13-9(17)7-3-4-8(19-7)10-15-11(16-18-10)12(14)5-1-2-6-12/h3-4H,1-2,5-6,14H2,(H2,13,17). The van der Waals surface area contributed by atoms with Crippen LogP contribution >= 0.6 is 11.3 Å². The van der Waals surface area contributed by atoms with Gasteiger partial charge in [-0.1, -0.05) is 18.0 Å². The second-order valence-corrected chi connectivity index (χ2v) is 5.90. The third-order valence-electron chi connectivity index (χ3n) is 3.43. The summed E-state index contributed by atoms with van der Waals surface area (Å²) in [5, 5.41) is 3.98. The number of primary amides is 1. The molecule has 0 bridgehead atoms. The largest absolute Gasteiger partial charge is 0.365 e. The van der Waals surface area contributed by atoms with E-state index in [0.717, 1.165) is 30.6 Å². The van der Waals surface area contributed by atoms with E-state index in [2.05, 4.69) is 10.1 Å². The quantitative estimate of drug-likeness (QED) is 0.887. The minimum absolute atomic E-state index is 0.393. The maximum Gasteiger partial charge on any atom is 0.268 e. The summed E-state index contributed by atoms with van der Waals surface area (Å²) in [5.41, 5.74) is 11.0. The van der Waals surface area contributed by atoms with E-state index in [4.69, 9.17) is 16.0 Å². The monoisotopic (exact) mass is 278 g/mol. The first-order valence-corrected chi connectivity index (χ1v) is 6.93. The van der Waals surface area contributed by atoms with Crippen LogP contribution in [0.4, 0.5) is 0 Å². The second kappa shape index (κ2) is 4.43. The number of thiophene rings is 1. The van der Waals surface area contributed by atoms with Crippen molar-refractivity contribution in [2.45, 2.75) is 31.2 Å². The number of hydrogen-bond donors (Lipinski definition) is 2. The van der Waals surface area contributed by atoms with Crippen molar-refractivity contribution in [3.63, 3.8) is 0 Å². The van der Waals surface area contributed by atoms with Gasteiger partial charge in [-0.05, 0) is 25.0 Å². The highest BCUT2D eigenvalue weighted by Crippen LogP contribution is 2.36. The Morgan fingerprint density at radius 2 is 2.11 bits per heavy atom. The number of aromatic nitrogens is 2. The number of hydrogen-bond acceptors (Lipinski definition) is 6. The van der Waals surface area contributed by atoms with Gasteiger partial charge in [-0.25, -0.2) is 0 Å². The zero-order valence-corrected chi connectivity index (χ0v) is 11.1. The lowest BCUT2D eigenvalue weighted by Crippen LogP contribution is -2.34. The molecule has 3 rings (SSSR count). The first kappa shape index (κ1) is 12.3. The molecule has 2 heterocycles. The predicted octanol–water partition coefficient (Wildman–Crippen LogP) is 1.62. The predicted molar refractivity (Wildman–Crippen MR) is 70.5 cm³/mol. The van der Waals surface area contributed by atoms with Crippen molar-refractivity contribution in [1.29, 1.82) is 0 Å². The van der Waals surface area contributed by atoms with Crippen molar-refractivity contribution < 1.29 is 9.32 Å². The molecule has 6 nitrogen and oxygen atoms in total. The molecule has 1 saturated carbocycles. The zero-order valence-electron chi connectivity index (χ0n) is 10.3. The third-order valence-corrected chi connectivity index (χ3v) is 4.51. The molecule has 1 aliphatic rings. The van der Waals surface area contributed by atoms with E-state index in [9.17, 15) is 4.79 Å². The van der Waals surface area contributed by atoms with Gasteiger partial charge in [-0.2, -0.15) is 4.98 Å². The van der Waals surface area contributed by atoms with Gasteiger partial charge in [0.15, 0.2) is 5.82 Å². The molecule has 0 aliphatic heterocycles. The lowest BCUT2D eigenvalue weighted by molar-refractivity contribution is 0.100. The zero-order chi connectivity index (χ0) is 13.5. The fourth-order valence-corrected chi connectivity index (χ4v) is 3.12. The fourth-order valence-electron chi connectivity index (χ4n) is 2.34. The second-order valence-electron chi connectivity index (χ2n) is 4.81. The maximum atomic E-state index is 11.1. The van der Waals surface area contributed by atoms with Crippen molar-refractivity contribution in [2.75, 3.05) is 0 Å². The van der Waals surface area contributed by atoms with E-state index in [1.165, 1.54) is 11.3 Å². The van der Waals surface area contributed by atoms with Gasteiger partial charge < -0.3 is 16.0 Å². The van der Waals surface area contributed by atoms with Crippen molar-refractivity contribution in [3.05, 3.63) is 22.8 Å². The average Bonchev–Trinajstić information content (AvgIpc) is 3.08. The van der Waals surface area contributed by atoms with Crippen LogP contribution in [0, 0.1) is 0 Å². The van der Waals surface area contributed by atoms with E-state index in [-0.39, 0.29) is 0 Å². The summed E-state index contributed by atoms with van der Waals surface area (Å²) >= 11 is 1.24. The molecule has 0 aromatic carbocycles. The van der Waals surface area contributed by atoms with Crippen LogP contribution in [0.2, 0.25) is 0 Å². The Morgan fingerprint density at radius 1 is 1.37 bits per heavy atom. The molecule has 0 saturated heterocycles. The Bertz CT molecular complexity index is 613. The Hall–Kier alpha value is -1.73. The van der Waals surface area contributed by atoms with Crippen molar-refractivity contribution >= 4 is 17.2 Å². The summed E-state index contributed by atoms with van der Waals surface area (Å²) < 4.78 is 5.24. The highest BCUT2D eigenvalue weighted by Gasteiger charge is 2.36. The molecule has 1 amide bonds. The van der Waals surface area contributed by atoms with E-state index >= 15 is 0 Å². The Balaban J connectivity index is 1.90. The highest BCUT2D eigenvalue weighted by atomic mass is 32.1. The summed E-state index contributed by atoms with van der Waals surface area (Å²) in [4.78, 5) is 16.6. The Morgan fingerprint density at radius 3 is 2.74 bits per heavy atom. The minimum Gasteiger partial charge on any atom is -0.365 e. The van der Waals surface area contributed by atoms with Gasteiger partial charge in [0.05, 0.1) is 15.3 Å². The summed E-state index contributed by atoms with van der Waals surface area (Å²) in [6.45, 7) is 0. The molecule has 0 spiro atoms. The number of nitrogens with two attached hydrogens (primary N) is 2. The first-order valence-electron chi connectivity index (χ1n) is 6.12. The lowest BCUT2D eigenvalue weighted by atomic mass is 9.99. The van der Waals surface area contributed by atoms with Crippen LogP contribution < -0.4 is 11.5 Å². The normalized spacial score (nSPS) is 17.7. The number of nitrogens with zero attached hydrogens (tertiary/aromatic N) is 2.